The predicted octanol–water partition coefficient (Wildman–Crippen LogP) is 3.42. The van der Waals surface area contributed by atoms with Crippen LogP contribution < -0.4 is 10.1 Å². The summed E-state index contributed by atoms with van der Waals surface area (Å²) in [4.78, 5) is 4.64. The minimum atomic E-state index is 0.715. The molecule has 1 saturated carbocycles. The van der Waals surface area contributed by atoms with Crippen LogP contribution in [-0.2, 0) is 6.42 Å². The van der Waals surface area contributed by atoms with Gasteiger partial charge in [0.15, 0.2) is 0 Å². The Bertz CT molecular complexity index is 445. The van der Waals surface area contributed by atoms with Crippen molar-refractivity contribution in [3.05, 3.63) is 23.0 Å². The second kappa shape index (κ2) is 7.07. The van der Waals surface area contributed by atoms with Gasteiger partial charge < -0.3 is 10.1 Å². The van der Waals surface area contributed by atoms with Crippen LogP contribution in [-0.4, -0.2) is 24.7 Å². The molecule has 1 N–H and O–H groups in total. The molecule has 2 atom stereocenters. The molecule has 20 heavy (non-hydrogen) atoms. The number of methoxy groups -OCH3 is 1. The lowest BCUT2D eigenvalue weighted by molar-refractivity contribution is 0.405. The molecule has 0 amide bonds. The quantitative estimate of drug-likeness (QED) is 0.864. The van der Waals surface area contributed by atoms with Crippen LogP contribution in [0, 0.1) is 19.8 Å². The third-order valence-corrected chi connectivity index (χ3v) is 4.46. The molecule has 1 aromatic heterocycles. The maximum atomic E-state index is 5.50. The average Bonchev–Trinajstić information content (AvgIpc) is 2.88. The van der Waals surface area contributed by atoms with Gasteiger partial charge in [-0.25, -0.2) is 0 Å². The van der Waals surface area contributed by atoms with Gasteiger partial charge >= 0.3 is 0 Å². The maximum Gasteiger partial charge on any atom is 0.128 e. The molecular formula is C17H28N2O. The molecule has 1 aliphatic carbocycles. The van der Waals surface area contributed by atoms with Gasteiger partial charge in [0.1, 0.15) is 5.75 Å². The Balaban J connectivity index is 1.98. The van der Waals surface area contributed by atoms with Gasteiger partial charge in [0, 0.05) is 29.1 Å². The van der Waals surface area contributed by atoms with Crippen molar-refractivity contribution < 1.29 is 4.74 Å². The summed E-state index contributed by atoms with van der Waals surface area (Å²) >= 11 is 0. The first-order chi connectivity index (χ1) is 9.65. The Morgan fingerprint density at radius 3 is 2.85 bits per heavy atom. The van der Waals surface area contributed by atoms with Gasteiger partial charge in [0.2, 0.25) is 0 Å². The van der Waals surface area contributed by atoms with Gasteiger partial charge in [0.05, 0.1) is 7.11 Å². The van der Waals surface area contributed by atoms with E-state index in [4.69, 9.17) is 4.74 Å². The Labute approximate surface area is 123 Å². The Morgan fingerprint density at radius 1 is 1.35 bits per heavy atom. The highest BCUT2D eigenvalue weighted by atomic mass is 16.5. The fraction of sp³-hybridized carbons (Fsp3) is 0.706. The molecule has 3 nitrogen and oxygen atoms in total. The van der Waals surface area contributed by atoms with Crippen LogP contribution in [0.5, 0.6) is 5.75 Å². The monoisotopic (exact) mass is 276 g/mol. The summed E-state index contributed by atoms with van der Waals surface area (Å²) in [6, 6.07) is 0.715. The summed E-state index contributed by atoms with van der Waals surface area (Å²) in [6.07, 6.45) is 8.18. The van der Waals surface area contributed by atoms with Crippen molar-refractivity contribution in [3.8, 4) is 5.75 Å². The van der Waals surface area contributed by atoms with Crippen LogP contribution in [0.4, 0.5) is 0 Å². The molecule has 0 aliphatic heterocycles. The van der Waals surface area contributed by atoms with Crippen LogP contribution in [0.25, 0.3) is 0 Å². The normalized spacial score (nSPS) is 22.2. The van der Waals surface area contributed by atoms with Crippen LogP contribution in [0.2, 0.25) is 0 Å². The number of hydrogen-bond donors (Lipinski definition) is 1. The zero-order chi connectivity index (χ0) is 14.5. The van der Waals surface area contributed by atoms with E-state index in [0.717, 1.165) is 30.2 Å². The van der Waals surface area contributed by atoms with E-state index < -0.39 is 0 Å². The molecule has 1 heterocycles. The van der Waals surface area contributed by atoms with E-state index in [2.05, 4.69) is 31.1 Å². The van der Waals surface area contributed by atoms with Crippen molar-refractivity contribution in [2.75, 3.05) is 13.7 Å². The summed E-state index contributed by atoms with van der Waals surface area (Å²) in [5.41, 5.74) is 3.56. The van der Waals surface area contributed by atoms with E-state index >= 15 is 0 Å². The smallest absolute Gasteiger partial charge is 0.128 e. The van der Waals surface area contributed by atoms with Crippen LogP contribution in [0.15, 0.2) is 6.20 Å². The molecule has 0 bridgehead atoms. The average molecular weight is 276 g/mol. The molecule has 3 heteroatoms. The first kappa shape index (κ1) is 15.3. The molecule has 0 spiro atoms. The summed E-state index contributed by atoms with van der Waals surface area (Å²) in [5, 5.41) is 3.65. The van der Waals surface area contributed by atoms with Crippen LogP contribution in [0.1, 0.15) is 49.4 Å². The van der Waals surface area contributed by atoms with Crippen molar-refractivity contribution >= 4 is 0 Å². The van der Waals surface area contributed by atoms with E-state index in [1.807, 2.05) is 6.20 Å². The zero-order valence-corrected chi connectivity index (χ0v) is 13.3. The number of nitrogens with one attached hydrogen (secondary N) is 1. The molecule has 1 fully saturated rings. The van der Waals surface area contributed by atoms with E-state index in [-0.39, 0.29) is 0 Å². The third kappa shape index (κ3) is 3.51. The maximum absolute atomic E-state index is 5.50. The molecule has 1 aromatic rings. The summed E-state index contributed by atoms with van der Waals surface area (Å²) in [6.45, 7) is 7.57. The standard InChI is InChI=1S/C17H28N2O/c1-5-8-18-15-7-6-14(9-15)10-16-13(3)17(20-4)12(2)11-19-16/h11,14-15,18H,5-10H2,1-4H3. The summed E-state index contributed by atoms with van der Waals surface area (Å²) < 4.78 is 5.50. The van der Waals surface area contributed by atoms with Gasteiger partial charge in [-0.2, -0.15) is 0 Å². The lowest BCUT2D eigenvalue weighted by Gasteiger charge is -2.16. The van der Waals surface area contributed by atoms with E-state index in [1.165, 1.54) is 36.9 Å². The Kier molecular flexibility index (Phi) is 5.41. The Hall–Kier alpha value is -1.09. The third-order valence-electron chi connectivity index (χ3n) is 4.46. The second-order valence-electron chi connectivity index (χ2n) is 6.08. The number of pyridine rings is 1. The molecule has 112 valence electrons. The van der Waals surface area contributed by atoms with Crippen molar-refractivity contribution in [2.24, 2.45) is 5.92 Å². The van der Waals surface area contributed by atoms with E-state index in [0.29, 0.717) is 6.04 Å². The molecule has 2 unspecified atom stereocenters. The molecule has 0 saturated heterocycles. The fourth-order valence-electron chi connectivity index (χ4n) is 3.34. The highest BCUT2D eigenvalue weighted by Gasteiger charge is 2.25. The molecule has 2 rings (SSSR count). The second-order valence-corrected chi connectivity index (χ2v) is 6.08. The first-order valence-electron chi connectivity index (χ1n) is 7.88. The first-order valence-corrected chi connectivity index (χ1v) is 7.88. The highest BCUT2D eigenvalue weighted by Crippen LogP contribution is 2.31. The number of rotatable bonds is 6. The number of nitrogens with zero attached hydrogens (tertiary/aromatic N) is 1. The van der Waals surface area contributed by atoms with Gasteiger partial charge in [-0.1, -0.05) is 6.92 Å². The van der Waals surface area contributed by atoms with Crippen molar-refractivity contribution in [2.45, 2.75) is 58.9 Å². The summed E-state index contributed by atoms with van der Waals surface area (Å²) in [5.74, 6) is 1.77. The minimum absolute atomic E-state index is 0.715. The number of aromatic nitrogens is 1. The van der Waals surface area contributed by atoms with E-state index in [9.17, 15) is 0 Å². The van der Waals surface area contributed by atoms with E-state index in [1.54, 1.807) is 7.11 Å². The lowest BCUT2D eigenvalue weighted by atomic mass is 9.97. The van der Waals surface area contributed by atoms with Gasteiger partial charge in [0.25, 0.3) is 0 Å². The molecular weight excluding hydrogens is 248 g/mol. The van der Waals surface area contributed by atoms with Crippen molar-refractivity contribution in [1.82, 2.24) is 10.3 Å². The SMILES string of the molecule is CCCNC1CCC(Cc2ncc(C)c(OC)c2C)C1. The Morgan fingerprint density at radius 2 is 2.15 bits per heavy atom. The topological polar surface area (TPSA) is 34.2 Å². The lowest BCUT2D eigenvalue weighted by Crippen LogP contribution is -2.27. The summed E-state index contributed by atoms with van der Waals surface area (Å²) in [7, 11) is 1.75. The molecule has 1 aliphatic rings. The largest absolute Gasteiger partial charge is 0.496 e. The number of aryl methyl sites for hydroxylation is 1. The zero-order valence-electron chi connectivity index (χ0n) is 13.3. The number of ether oxygens (including phenoxy) is 1. The van der Waals surface area contributed by atoms with Crippen molar-refractivity contribution in [3.63, 3.8) is 0 Å². The molecule has 0 aromatic carbocycles. The molecule has 0 radical (unpaired) electrons. The minimum Gasteiger partial charge on any atom is -0.496 e. The highest BCUT2D eigenvalue weighted by molar-refractivity contribution is 5.41. The van der Waals surface area contributed by atoms with Gasteiger partial charge in [-0.15, -0.1) is 0 Å². The van der Waals surface area contributed by atoms with Crippen LogP contribution in [0.3, 0.4) is 0 Å². The van der Waals surface area contributed by atoms with Crippen LogP contribution >= 0.6 is 0 Å². The number of hydrogen-bond acceptors (Lipinski definition) is 3. The van der Waals surface area contributed by atoms with Crippen molar-refractivity contribution in [1.29, 1.82) is 0 Å². The predicted molar refractivity (Wildman–Crippen MR) is 83.4 cm³/mol. The van der Waals surface area contributed by atoms with Gasteiger partial charge in [-0.3, -0.25) is 4.98 Å². The fourth-order valence-corrected chi connectivity index (χ4v) is 3.34. The van der Waals surface area contributed by atoms with Gasteiger partial charge in [-0.05, 0) is 58.4 Å².